The van der Waals surface area contributed by atoms with Crippen LogP contribution in [0.2, 0.25) is 0 Å². The van der Waals surface area contributed by atoms with Gasteiger partial charge >= 0.3 is 0 Å². The summed E-state index contributed by atoms with van der Waals surface area (Å²) in [5.74, 6) is 1.35. The molecule has 0 spiro atoms. The molecule has 1 fully saturated rings. The number of fused-ring (bicyclic) bond motifs is 7. The van der Waals surface area contributed by atoms with E-state index < -0.39 is 24.2 Å². The minimum absolute atomic E-state index is 0. The Labute approximate surface area is 258 Å². The molecule has 0 aliphatic carbocycles. The van der Waals surface area contributed by atoms with Gasteiger partial charge in [-0.2, -0.15) is 0 Å². The SMILES string of the molecule is CC[C@H]1c2c(OC)c(OC)c(C)c(OC)c2C(=O)C2C3c4c(cc(C)c(OC)c4O)C[C@@H](C(=O)N21)N3C.[Ac]. The number of phenols is 1. The first-order chi connectivity index (χ1) is 17.7. The smallest absolute Gasteiger partial charge is 0.241 e. The van der Waals surface area contributed by atoms with E-state index in [9.17, 15) is 14.7 Å². The molecule has 0 aromatic heterocycles. The number of nitrogens with zero attached hydrogens (tertiary/aromatic N) is 2. The summed E-state index contributed by atoms with van der Waals surface area (Å²) in [4.78, 5) is 32.3. The monoisotopic (exact) mass is 737 g/mol. The minimum atomic E-state index is -0.866. The third-order valence-corrected chi connectivity index (χ3v) is 8.36. The minimum Gasteiger partial charge on any atom is -0.504 e. The van der Waals surface area contributed by atoms with E-state index >= 15 is 0 Å². The molecule has 2 aromatic carbocycles. The van der Waals surface area contributed by atoms with Crippen LogP contribution in [0.1, 0.15) is 63.6 Å². The maximum absolute atomic E-state index is 14.5. The Hall–Kier alpha value is -2.02. The van der Waals surface area contributed by atoms with E-state index in [1.54, 1.807) is 12.0 Å². The molecular weight excluding hydrogens is 703 g/mol. The van der Waals surface area contributed by atoms with Crippen molar-refractivity contribution in [2.75, 3.05) is 35.5 Å². The predicted octanol–water partition coefficient (Wildman–Crippen LogP) is 3.50. The van der Waals surface area contributed by atoms with Gasteiger partial charge in [-0.05, 0) is 44.9 Å². The second-order valence-electron chi connectivity index (χ2n) is 9.97. The number of methoxy groups -OCH3 is 4. The Bertz CT molecular complexity index is 1330. The van der Waals surface area contributed by atoms with Crippen molar-refractivity contribution in [3.8, 4) is 28.7 Å². The Kier molecular flexibility index (Phi) is 8.02. The summed E-state index contributed by atoms with van der Waals surface area (Å²) in [5.41, 5.74) is 3.93. The summed E-state index contributed by atoms with van der Waals surface area (Å²) in [6.45, 7) is 5.67. The van der Waals surface area contributed by atoms with Gasteiger partial charge in [-0.3, -0.25) is 14.5 Å². The molecule has 1 saturated heterocycles. The predicted molar refractivity (Wildman–Crippen MR) is 136 cm³/mol. The third-order valence-electron chi connectivity index (χ3n) is 8.36. The summed E-state index contributed by atoms with van der Waals surface area (Å²) in [5, 5.41) is 11.4. The number of rotatable bonds is 5. The van der Waals surface area contributed by atoms with E-state index in [-0.39, 0.29) is 61.5 Å². The number of carbonyl (C=O) groups is 2. The summed E-state index contributed by atoms with van der Waals surface area (Å²) < 4.78 is 22.8. The van der Waals surface area contributed by atoms with Crippen molar-refractivity contribution in [2.45, 2.75) is 57.8 Å². The van der Waals surface area contributed by atoms with E-state index in [1.165, 1.54) is 21.3 Å². The second kappa shape index (κ2) is 10.5. The standard InChI is InChI=1S/C28H34N2O7.Ac/c1-9-15-18-19(25(35-6)13(3)26(36-7)27(18)37-8)22(31)21-20-17-14(10-12(2)24(34-5)23(17)32)11-16(29(20)4)28(33)30(15)21;/h10,15-16,20-21,32H,9,11H2,1-8H3;/t15-,16-,20?,21?;/m0./s1. The van der Waals surface area contributed by atoms with Crippen LogP contribution < -0.4 is 18.9 Å². The quantitative estimate of drug-likeness (QED) is 0.499. The Balaban J connectivity index is 0.00000336. The molecule has 3 heterocycles. The summed E-state index contributed by atoms with van der Waals surface area (Å²) >= 11 is 0. The van der Waals surface area contributed by atoms with Crippen LogP contribution in [0.3, 0.4) is 0 Å². The van der Waals surface area contributed by atoms with Crippen LogP contribution in [0.15, 0.2) is 6.07 Å². The maximum atomic E-state index is 14.5. The van der Waals surface area contributed by atoms with Gasteiger partial charge in [-0.15, -0.1) is 0 Å². The molecule has 4 atom stereocenters. The van der Waals surface area contributed by atoms with Gasteiger partial charge in [-0.1, -0.05) is 13.0 Å². The number of hydrogen-bond acceptors (Lipinski definition) is 8. The summed E-state index contributed by atoms with van der Waals surface area (Å²) in [6, 6.07) is -0.382. The molecule has 5 rings (SSSR count). The molecule has 10 heteroatoms. The van der Waals surface area contributed by atoms with Crippen molar-refractivity contribution < 1.29 is 77.7 Å². The van der Waals surface area contributed by atoms with Crippen molar-refractivity contribution in [1.82, 2.24) is 9.80 Å². The number of piperazine rings is 1. The molecule has 1 radical (unpaired) electrons. The number of carbonyl (C=O) groups excluding carboxylic acids is 2. The number of amides is 1. The zero-order valence-electron chi connectivity index (χ0n) is 23.2. The van der Waals surface area contributed by atoms with Crippen molar-refractivity contribution in [3.05, 3.63) is 39.4 Å². The number of aromatic hydroxyl groups is 1. The van der Waals surface area contributed by atoms with Crippen LogP contribution in [0.5, 0.6) is 28.7 Å². The average molecular weight is 738 g/mol. The van der Waals surface area contributed by atoms with Crippen LogP contribution in [0, 0.1) is 57.9 Å². The average Bonchev–Trinajstić information content (AvgIpc) is 2.87. The van der Waals surface area contributed by atoms with Gasteiger partial charge in [0, 0.05) is 60.8 Å². The molecule has 2 aromatic rings. The van der Waals surface area contributed by atoms with Gasteiger partial charge in [0.1, 0.15) is 11.8 Å². The normalized spacial score (nSPS) is 23.6. The van der Waals surface area contributed by atoms with Gasteiger partial charge in [0.05, 0.1) is 52.1 Å². The molecule has 2 bridgehead atoms. The molecule has 201 valence electrons. The Morgan fingerprint density at radius 2 is 1.53 bits per heavy atom. The largest absolute Gasteiger partial charge is 0.504 e. The number of likely N-dealkylation sites (N-methyl/N-ethyl adjacent to an activating group) is 1. The number of ether oxygens (including phenoxy) is 4. The van der Waals surface area contributed by atoms with Gasteiger partial charge in [0.25, 0.3) is 0 Å². The zero-order chi connectivity index (χ0) is 26.9. The first-order valence-electron chi connectivity index (χ1n) is 12.5. The second-order valence-corrected chi connectivity index (χ2v) is 9.97. The number of Topliss-reactive ketones (excluding diaryl/α,β-unsaturated/α-hetero) is 1. The van der Waals surface area contributed by atoms with Gasteiger partial charge in [0.2, 0.25) is 5.91 Å². The van der Waals surface area contributed by atoms with E-state index in [0.717, 1.165) is 11.1 Å². The Morgan fingerprint density at radius 1 is 0.921 bits per heavy atom. The molecule has 38 heavy (non-hydrogen) atoms. The van der Waals surface area contributed by atoms with Gasteiger partial charge in [-0.25, -0.2) is 0 Å². The molecule has 9 nitrogen and oxygen atoms in total. The maximum Gasteiger partial charge on any atom is 0.241 e. The number of hydrogen-bond donors (Lipinski definition) is 1. The van der Waals surface area contributed by atoms with Crippen LogP contribution in [-0.2, 0) is 11.2 Å². The molecule has 3 aliphatic rings. The fourth-order valence-electron chi connectivity index (χ4n) is 6.87. The van der Waals surface area contributed by atoms with E-state index in [0.29, 0.717) is 58.1 Å². The van der Waals surface area contributed by atoms with Crippen LogP contribution >= 0.6 is 0 Å². The molecule has 2 unspecified atom stereocenters. The zero-order valence-corrected chi connectivity index (χ0v) is 27.9. The topological polar surface area (TPSA) is 97.8 Å². The first-order valence-corrected chi connectivity index (χ1v) is 12.5. The number of aryl methyl sites for hydroxylation is 1. The van der Waals surface area contributed by atoms with Gasteiger partial charge < -0.3 is 29.0 Å². The van der Waals surface area contributed by atoms with E-state index in [2.05, 4.69) is 0 Å². The molecular formula is C28H34AcN2O7. The van der Waals surface area contributed by atoms with Crippen LogP contribution in [0.4, 0.5) is 0 Å². The fourth-order valence-corrected chi connectivity index (χ4v) is 6.87. The van der Waals surface area contributed by atoms with Crippen molar-refractivity contribution in [2.24, 2.45) is 0 Å². The van der Waals surface area contributed by atoms with Crippen LogP contribution in [0.25, 0.3) is 0 Å². The van der Waals surface area contributed by atoms with Crippen molar-refractivity contribution in [1.29, 1.82) is 0 Å². The fraction of sp³-hybridized carbons (Fsp3) is 0.500. The first kappa shape index (κ1) is 29.0. The molecule has 3 aliphatic heterocycles. The Morgan fingerprint density at radius 3 is 2.08 bits per heavy atom. The third kappa shape index (κ3) is 3.70. The van der Waals surface area contributed by atoms with E-state index in [4.69, 9.17) is 18.9 Å². The van der Waals surface area contributed by atoms with E-state index in [1.807, 2.05) is 38.8 Å². The molecule has 1 amide bonds. The number of benzene rings is 2. The molecule has 1 N–H and O–H groups in total. The summed E-state index contributed by atoms with van der Waals surface area (Å²) in [7, 11) is 7.98. The van der Waals surface area contributed by atoms with Crippen LogP contribution in [-0.4, -0.2) is 74.2 Å². The van der Waals surface area contributed by atoms with Gasteiger partial charge in [0.15, 0.2) is 28.8 Å². The number of phenolic OH excluding ortho intramolecular Hbond substituents is 1. The molecule has 0 saturated carbocycles. The van der Waals surface area contributed by atoms with Crippen molar-refractivity contribution >= 4 is 11.7 Å². The van der Waals surface area contributed by atoms with Crippen molar-refractivity contribution in [3.63, 3.8) is 0 Å². The number of ketones is 1. The summed E-state index contributed by atoms with van der Waals surface area (Å²) in [6.07, 6.45) is 0.978.